The third-order valence-corrected chi connectivity index (χ3v) is 5.11. The molecule has 3 aromatic rings. The number of pyridine rings is 1. The lowest BCUT2D eigenvalue weighted by Gasteiger charge is -2.25. The number of amides is 1. The molecule has 1 saturated heterocycles. The third kappa shape index (κ3) is 3.33. The van der Waals surface area contributed by atoms with E-state index in [2.05, 4.69) is 11.1 Å². The second-order valence-corrected chi connectivity index (χ2v) is 6.69. The average molecular weight is 362 g/mol. The Bertz CT molecular complexity index is 986. The lowest BCUT2D eigenvalue weighted by molar-refractivity contribution is 0.0730. The topological polar surface area (TPSA) is 51.7 Å². The van der Waals surface area contributed by atoms with Crippen LogP contribution in [-0.4, -0.2) is 36.6 Å². The number of benzene rings is 2. The van der Waals surface area contributed by atoms with E-state index in [1.165, 1.54) is 0 Å². The van der Waals surface area contributed by atoms with Crippen LogP contribution in [0.1, 0.15) is 34.9 Å². The largest absolute Gasteiger partial charge is 0.497 e. The molecule has 0 aliphatic carbocycles. The number of carbonyl (C=O) groups excluding carboxylic acids is 1. The zero-order valence-electron chi connectivity index (χ0n) is 15.5. The molecular formula is C22H22N2O3. The molecule has 27 heavy (non-hydrogen) atoms. The maximum absolute atomic E-state index is 13.2. The van der Waals surface area contributed by atoms with Crippen LogP contribution < -0.4 is 9.47 Å². The Morgan fingerprint density at radius 2 is 1.85 bits per heavy atom. The van der Waals surface area contributed by atoms with E-state index < -0.39 is 0 Å². The number of likely N-dealkylation sites (tertiary alicyclic amines) is 1. The molecule has 4 rings (SSSR count). The van der Waals surface area contributed by atoms with Gasteiger partial charge in [-0.05, 0) is 54.8 Å². The van der Waals surface area contributed by atoms with Crippen molar-refractivity contribution in [3.05, 3.63) is 65.9 Å². The summed E-state index contributed by atoms with van der Waals surface area (Å²) in [6, 6.07) is 17.4. The third-order valence-electron chi connectivity index (χ3n) is 5.11. The number of carbonyl (C=O) groups is 1. The lowest BCUT2D eigenvalue weighted by atomic mass is 10.0. The maximum Gasteiger partial charge on any atom is 0.272 e. The minimum atomic E-state index is -0.0296. The number of rotatable bonds is 4. The zero-order chi connectivity index (χ0) is 18.8. The highest BCUT2D eigenvalue weighted by Crippen LogP contribution is 2.34. The molecule has 1 atom stereocenters. The molecule has 1 amide bonds. The smallest absolute Gasteiger partial charge is 0.272 e. The minimum absolute atomic E-state index is 0.0296. The van der Waals surface area contributed by atoms with E-state index >= 15 is 0 Å². The first kappa shape index (κ1) is 17.3. The van der Waals surface area contributed by atoms with Crippen molar-refractivity contribution in [2.45, 2.75) is 18.9 Å². The Balaban J connectivity index is 1.63. The second kappa shape index (κ2) is 7.27. The zero-order valence-corrected chi connectivity index (χ0v) is 15.5. The van der Waals surface area contributed by atoms with E-state index in [-0.39, 0.29) is 11.9 Å². The predicted molar refractivity (Wildman–Crippen MR) is 104 cm³/mol. The first-order valence-electron chi connectivity index (χ1n) is 9.09. The molecule has 1 fully saturated rings. The van der Waals surface area contributed by atoms with Crippen LogP contribution in [0.25, 0.3) is 10.9 Å². The van der Waals surface area contributed by atoms with Gasteiger partial charge in [-0.25, -0.2) is 4.98 Å². The Hall–Kier alpha value is -3.08. The van der Waals surface area contributed by atoms with Gasteiger partial charge in [-0.2, -0.15) is 0 Å². The number of aromatic nitrogens is 1. The van der Waals surface area contributed by atoms with Crippen LogP contribution in [0.15, 0.2) is 54.6 Å². The molecule has 0 saturated carbocycles. The fourth-order valence-electron chi connectivity index (χ4n) is 3.70. The molecule has 0 bridgehead atoms. The van der Waals surface area contributed by atoms with Gasteiger partial charge < -0.3 is 14.4 Å². The molecule has 0 N–H and O–H groups in total. The average Bonchev–Trinajstić information content (AvgIpc) is 3.22. The van der Waals surface area contributed by atoms with Crippen molar-refractivity contribution in [3.8, 4) is 11.5 Å². The van der Waals surface area contributed by atoms with Gasteiger partial charge in [0.2, 0.25) is 0 Å². The SMILES string of the molecule is COc1cccc([C@@H]2CCCN2C(=O)c2ccc3cc(OC)ccc3n2)c1. The molecular weight excluding hydrogens is 340 g/mol. The van der Waals surface area contributed by atoms with Gasteiger partial charge in [0.05, 0.1) is 25.8 Å². The van der Waals surface area contributed by atoms with E-state index in [9.17, 15) is 4.79 Å². The van der Waals surface area contributed by atoms with Crippen molar-refractivity contribution >= 4 is 16.8 Å². The van der Waals surface area contributed by atoms with Crippen molar-refractivity contribution in [2.75, 3.05) is 20.8 Å². The first-order valence-corrected chi connectivity index (χ1v) is 9.09. The number of hydrogen-bond donors (Lipinski definition) is 0. The van der Waals surface area contributed by atoms with Crippen LogP contribution in [-0.2, 0) is 0 Å². The van der Waals surface area contributed by atoms with Gasteiger partial charge in [0.15, 0.2) is 0 Å². The van der Waals surface area contributed by atoms with Crippen LogP contribution in [0.3, 0.4) is 0 Å². The number of fused-ring (bicyclic) bond motifs is 1. The van der Waals surface area contributed by atoms with Crippen LogP contribution in [0.4, 0.5) is 0 Å². The fraction of sp³-hybridized carbons (Fsp3) is 0.273. The lowest BCUT2D eigenvalue weighted by Crippen LogP contribution is -2.31. The predicted octanol–water partition coefficient (Wildman–Crippen LogP) is 4.23. The maximum atomic E-state index is 13.2. The highest BCUT2D eigenvalue weighted by Gasteiger charge is 2.31. The van der Waals surface area contributed by atoms with E-state index in [1.807, 2.05) is 47.4 Å². The van der Waals surface area contributed by atoms with Crippen LogP contribution in [0, 0.1) is 0 Å². The van der Waals surface area contributed by atoms with Gasteiger partial charge in [0, 0.05) is 11.9 Å². The number of hydrogen-bond acceptors (Lipinski definition) is 4. The highest BCUT2D eigenvalue weighted by molar-refractivity contribution is 5.95. The number of methoxy groups -OCH3 is 2. The van der Waals surface area contributed by atoms with Crippen molar-refractivity contribution in [1.82, 2.24) is 9.88 Å². The summed E-state index contributed by atoms with van der Waals surface area (Å²) in [5.74, 6) is 1.56. The molecule has 138 valence electrons. The second-order valence-electron chi connectivity index (χ2n) is 6.69. The van der Waals surface area contributed by atoms with Crippen molar-refractivity contribution in [1.29, 1.82) is 0 Å². The molecule has 2 aromatic carbocycles. The molecule has 5 heteroatoms. The minimum Gasteiger partial charge on any atom is -0.497 e. The first-order chi connectivity index (χ1) is 13.2. The normalized spacial score (nSPS) is 16.5. The summed E-state index contributed by atoms with van der Waals surface area (Å²) in [7, 11) is 3.29. The summed E-state index contributed by atoms with van der Waals surface area (Å²) in [5, 5.41) is 0.955. The van der Waals surface area contributed by atoms with Gasteiger partial charge in [0.25, 0.3) is 5.91 Å². The molecule has 5 nitrogen and oxygen atoms in total. The Labute approximate surface area is 158 Å². The molecule has 0 spiro atoms. The fourth-order valence-corrected chi connectivity index (χ4v) is 3.70. The van der Waals surface area contributed by atoms with Gasteiger partial charge in [-0.1, -0.05) is 18.2 Å². The van der Waals surface area contributed by atoms with Crippen molar-refractivity contribution in [3.63, 3.8) is 0 Å². The summed E-state index contributed by atoms with van der Waals surface area (Å²) >= 11 is 0. The summed E-state index contributed by atoms with van der Waals surface area (Å²) < 4.78 is 10.6. The van der Waals surface area contributed by atoms with Crippen molar-refractivity contribution in [2.24, 2.45) is 0 Å². The van der Waals surface area contributed by atoms with Crippen LogP contribution >= 0.6 is 0 Å². The van der Waals surface area contributed by atoms with Gasteiger partial charge >= 0.3 is 0 Å². The number of nitrogens with zero attached hydrogens (tertiary/aromatic N) is 2. The summed E-state index contributed by atoms with van der Waals surface area (Å²) in [6.07, 6.45) is 1.93. The van der Waals surface area contributed by atoms with Crippen molar-refractivity contribution < 1.29 is 14.3 Å². The molecule has 1 aliphatic rings. The Morgan fingerprint density at radius 1 is 1.04 bits per heavy atom. The standard InChI is InChI=1S/C22H22N2O3/c1-26-17-6-3-5-16(14-17)21-7-4-12-24(21)22(25)20-10-8-15-13-18(27-2)9-11-19(15)23-20/h3,5-6,8-11,13-14,21H,4,7,12H2,1-2H3/t21-/m0/s1. The van der Waals surface area contributed by atoms with E-state index in [0.29, 0.717) is 5.69 Å². The summed E-state index contributed by atoms with van der Waals surface area (Å²) in [6.45, 7) is 0.739. The van der Waals surface area contributed by atoms with E-state index in [0.717, 1.165) is 47.4 Å². The highest BCUT2D eigenvalue weighted by atomic mass is 16.5. The Kier molecular flexibility index (Phi) is 4.67. The Morgan fingerprint density at radius 3 is 2.67 bits per heavy atom. The van der Waals surface area contributed by atoms with E-state index in [4.69, 9.17) is 9.47 Å². The summed E-state index contributed by atoms with van der Waals surface area (Å²) in [5.41, 5.74) is 2.37. The molecule has 2 heterocycles. The van der Waals surface area contributed by atoms with Gasteiger partial charge in [-0.3, -0.25) is 4.79 Å². The molecule has 1 aromatic heterocycles. The summed E-state index contributed by atoms with van der Waals surface area (Å²) in [4.78, 5) is 19.7. The van der Waals surface area contributed by atoms with Gasteiger partial charge in [-0.15, -0.1) is 0 Å². The van der Waals surface area contributed by atoms with Crippen LogP contribution in [0.2, 0.25) is 0 Å². The monoisotopic (exact) mass is 362 g/mol. The van der Waals surface area contributed by atoms with Gasteiger partial charge in [0.1, 0.15) is 17.2 Å². The molecule has 0 radical (unpaired) electrons. The molecule has 0 unspecified atom stereocenters. The van der Waals surface area contributed by atoms with Crippen LogP contribution in [0.5, 0.6) is 11.5 Å². The van der Waals surface area contributed by atoms with E-state index in [1.54, 1.807) is 20.3 Å². The number of ether oxygens (including phenoxy) is 2. The quantitative estimate of drug-likeness (QED) is 0.697. The molecule has 1 aliphatic heterocycles.